The Morgan fingerprint density at radius 1 is 1.44 bits per heavy atom. The lowest BCUT2D eigenvalue weighted by molar-refractivity contribution is 0.0655. The van der Waals surface area contributed by atoms with Crippen molar-refractivity contribution >= 4 is 17.5 Å². The number of hydrogen-bond donors (Lipinski definition) is 0. The molecule has 1 amide bonds. The number of nitrogens with zero attached hydrogens (tertiary/aromatic N) is 2. The quantitative estimate of drug-likeness (QED) is 0.777. The first-order valence-corrected chi connectivity index (χ1v) is 6.80. The number of alkyl halides is 1. The van der Waals surface area contributed by atoms with Gasteiger partial charge in [0.15, 0.2) is 5.89 Å². The third-order valence-electron chi connectivity index (χ3n) is 3.57. The van der Waals surface area contributed by atoms with Crippen LogP contribution in [0.5, 0.6) is 0 Å². The summed E-state index contributed by atoms with van der Waals surface area (Å²) in [4.78, 5) is 18.2. The van der Waals surface area contributed by atoms with E-state index in [4.69, 9.17) is 16.0 Å². The lowest BCUT2D eigenvalue weighted by Crippen LogP contribution is -2.40. The van der Waals surface area contributed by atoms with Gasteiger partial charge in [-0.1, -0.05) is 0 Å². The first-order valence-electron chi connectivity index (χ1n) is 6.36. The number of hydrogen-bond acceptors (Lipinski definition) is 3. The van der Waals surface area contributed by atoms with Crippen LogP contribution in [0, 0.1) is 19.8 Å². The number of piperidine rings is 1. The summed E-state index contributed by atoms with van der Waals surface area (Å²) in [5.41, 5.74) is 0.672. The molecule has 1 aliphatic heterocycles. The molecule has 0 N–H and O–H groups in total. The predicted molar refractivity (Wildman–Crippen MR) is 69.9 cm³/mol. The molecule has 1 aromatic heterocycles. The van der Waals surface area contributed by atoms with Crippen molar-refractivity contribution in [3.05, 3.63) is 17.3 Å². The second kappa shape index (κ2) is 5.31. The van der Waals surface area contributed by atoms with Gasteiger partial charge in [0.25, 0.3) is 5.91 Å². The SMILES string of the molecule is Cc1nc(C)c(C(=O)N2CCC(C(C)Cl)CC2)o1. The number of aryl methyl sites for hydroxylation is 2. The lowest BCUT2D eigenvalue weighted by Gasteiger charge is -2.32. The molecule has 0 aromatic carbocycles. The predicted octanol–water partition coefficient (Wildman–Crippen LogP) is 2.77. The van der Waals surface area contributed by atoms with Crippen LogP contribution in [-0.2, 0) is 0 Å². The zero-order chi connectivity index (χ0) is 13.3. The minimum Gasteiger partial charge on any atom is -0.436 e. The second-order valence-electron chi connectivity index (χ2n) is 4.95. The van der Waals surface area contributed by atoms with Crippen molar-refractivity contribution in [2.45, 2.75) is 39.0 Å². The van der Waals surface area contributed by atoms with E-state index < -0.39 is 0 Å². The Labute approximate surface area is 112 Å². The highest BCUT2D eigenvalue weighted by molar-refractivity contribution is 6.20. The van der Waals surface area contributed by atoms with Gasteiger partial charge >= 0.3 is 0 Å². The fraction of sp³-hybridized carbons (Fsp3) is 0.692. The molecule has 0 saturated carbocycles. The van der Waals surface area contributed by atoms with Crippen LogP contribution >= 0.6 is 11.6 Å². The first kappa shape index (κ1) is 13.4. The monoisotopic (exact) mass is 270 g/mol. The Kier molecular flexibility index (Phi) is 3.95. The fourth-order valence-electron chi connectivity index (χ4n) is 2.44. The molecule has 1 saturated heterocycles. The van der Waals surface area contributed by atoms with Crippen LogP contribution in [0.3, 0.4) is 0 Å². The van der Waals surface area contributed by atoms with Crippen LogP contribution in [0.1, 0.15) is 41.9 Å². The second-order valence-corrected chi connectivity index (χ2v) is 5.64. The Morgan fingerprint density at radius 3 is 2.50 bits per heavy atom. The molecule has 0 spiro atoms. The van der Waals surface area contributed by atoms with Gasteiger partial charge < -0.3 is 9.32 Å². The van der Waals surface area contributed by atoms with E-state index in [9.17, 15) is 4.79 Å². The van der Waals surface area contributed by atoms with Gasteiger partial charge in [-0.25, -0.2) is 4.98 Å². The highest BCUT2D eigenvalue weighted by atomic mass is 35.5. The van der Waals surface area contributed by atoms with Gasteiger partial charge in [-0.05, 0) is 32.6 Å². The normalized spacial score (nSPS) is 19.0. The number of oxazole rings is 1. The highest BCUT2D eigenvalue weighted by Crippen LogP contribution is 2.25. The first-order chi connectivity index (χ1) is 8.49. The molecule has 1 atom stereocenters. The van der Waals surface area contributed by atoms with E-state index >= 15 is 0 Å². The van der Waals surface area contributed by atoms with Crippen molar-refractivity contribution in [2.75, 3.05) is 13.1 Å². The summed E-state index contributed by atoms with van der Waals surface area (Å²) >= 11 is 6.10. The molecule has 100 valence electrons. The molecule has 1 aromatic rings. The smallest absolute Gasteiger partial charge is 0.291 e. The van der Waals surface area contributed by atoms with Crippen molar-refractivity contribution < 1.29 is 9.21 Å². The number of halogens is 1. The molecule has 5 heteroatoms. The van der Waals surface area contributed by atoms with Crippen molar-refractivity contribution in [1.82, 2.24) is 9.88 Å². The Bertz CT molecular complexity index is 434. The van der Waals surface area contributed by atoms with Crippen molar-refractivity contribution in [1.29, 1.82) is 0 Å². The van der Waals surface area contributed by atoms with Crippen molar-refractivity contribution in [3.8, 4) is 0 Å². The van der Waals surface area contributed by atoms with E-state index in [2.05, 4.69) is 4.98 Å². The zero-order valence-corrected chi connectivity index (χ0v) is 11.8. The molecular weight excluding hydrogens is 252 g/mol. The van der Waals surface area contributed by atoms with E-state index in [1.165, 1.54) is 0 Å². The van der Waals surface area contributed by atoms with Crippen LogP contribution in [-0.4, -0.2) is 34.3 Å². The van der Waals surface area contributed by atoms with Crippen LogP contribution < -0.4 is 0 Å². The molecular formula is C13H19ClN2O2. The molecule has 1 fully saturated rings. The topological polar surface area (TPSA) is 46.3 Å². The molecule has 4 nitrogen and oxygen atoms in total. The molecule has 0 bridgehead atoms. The minimum atomic E-state index is -0.0474. The molecule has 2 heterocycles. The van der Waals surface area contributed by atoms with Gasteiger partial charge in [0.1, 0.15) is 0 Å². The van der Waals surface area contributed by atoms with E-state index in [0.717, 1.165) is 25.9 Å². The molecule has 1 unspecified atom stereocenters. The number of likely N-dealkylation sites (tertiary alicyclic amines) is 1. The van der Waals surface area contributed by atoms with Crippen LogP contribution in [0.15, 0.2) is 4.42 Å². The number of carbonyl (C=O) groups is 1. The van der Waals surface area contributed by atoms with Gasteiger partial charge in [0, 0.05) is 25.4 Å². The summed E-state index contributed by atoms with van der Waals surface area (Å²) in [5, 5.41) is 0.177. The van der Waals surface area contributed by atoms with Gasteiger partial charge in [0.05, 0.1) is 5.69 Å². The average molecular weight is 271 g/mol. The van der Waals surface area contributed by atoms with E-state index in [1.54, 1.807) is 13.8 Å². The van der Waals surface area contributed by atoms with Gasteiger partial charge in [0.2, 0.25) is 5.76 Å². The Hall–Kier alpha value is -1.03. The van der Waals surface area contributed by atoms with E-state index in [0.29, 0.717) is 23.3 Å². The highest BCUT2D eigenvalue weighted by Gasteiger charge is 2.28. The standard InChI is InChI=1S/C13H19ClN2O2/c1-8(14)11-4-6-16(7-5-11)13(17)12-9(2)15-10(3)18-12/h8,11H,4-7H2,1-3H3. The molecule has 1 aliphatic rings. The summed E-state index contributed by atoms with van der Waals surface area (Å²) in [7, 11) is 0. The number of amides is 1. The number of aromatic nitrogens is 1. The number of carbonyl (C=O) groups excluding carboxylic acids is 1. The number of rotatable bonds is 2. The third kappa shape index (κ3) is 2.69. The molecule has 2 rings (SSSR count). The van der Waals surface area contributed by atoms with Crippen LogP contribution in [0.2, 0.25) is 0 Å². The maximum atomic E-state index is 12.3. The molecule has 0 aliphatic carbocycles. The van der Waals surface area contributed by atoms with Gasteiger partial charge in [-0.2, -0.15) is 0 Å². The Balaban J connectivity index is 2.02. The Morgan fingerprint density at radius 2 is 2.06 bits per heavy atom. The minimum absolute atomic E-state index is 0.0474. The third-order valence-corrected chi connectivity index (χ3v) is 3.93. The van der Waals surface area contributed by atoms with E-state index in [-0.39, 0.29) is 11.3 Å². The maximum absolute atomic E-state index is 12.3. The summed E-state index contributed by atoms with van der Waals surface area (Å²) in [6.45, 7) is 7.08. The lowest BCUT2D eigenvalue weighted by atomic mass is 9.94. The summed E-state index contributed by atoms with van der Waals surface area (Å²) < 4.78 is 5.38. The molecule has 18 heavy (non-hydrogen) atoms. The summed E-state index contributed by atoms with van der Waals surface area (Å²) in [5.74, 6) is 1.38. The average Bonchev–Trinajstić information content (AvgIpc) is 2.67. The van der Waals surface area contributed by atoms with Gasteiger partial charge in [-0.3, -0.25) is 4.79 Å². The largest absolute Gasteiger partial charge is 0.436 e. The van der Waals surface area contributed by atoms with Crippen molar-refractivity contribution in [3.63, 3.8) is 0 Å². The van der Waals surface area contributed by atoms with Crippen LogP contribution in [0.4, 0.5) is 0 Å². The van der Waals surface area contributed by atoms with Crippen molar-refractivity contribution in [2.24, 2.45) is 5.92 Å². The maximum Gasteiger partial charge on any atom is 0.291 e. The van der Waals surface area contributed by atoms with Crippen LogP contribution in [0.25, 0.3) is 0 Å². The van der Waals surface area contributed by atoms with E-state index in [1.807, 2.05) is 11.8 Å². The zero-order valence-electron chi connectivity index (χ0n) is 11.1. The molecule has 0 radical (unpaired) electrons. The summed E-state index contributed by atoms with van der Waals surface area (Å²) in [6.07, 6.45) is 1.92. The fourth-order valence-corrected chi connectivity index (χ4v) is 2.69. The van der Waals surface area contributed by atoms with Gasteiger partial charge in [-0.15, -0.1) is 11.6 Å². The summed E-state index contributed by atoms with van der Waals surface area (Å²) in [6, 6.07) is 0.